The molecular weight excluding hydrogens is 234 g/mol. The zero-order chi connectivity index (χ0) is 12.7. The summed E-state index contributed by atoms with van der Waals surface area (Å²) in [5, 5.41) is 0. The van der Waals surface area contributed by atoms with Gasteiger partial charge in [0.2, 0.25) is 0 Å². The summed E-state index contributed by atoms with van der Waals surface area (Å²) < 4.78 is 26.3. The number of rotatable bonds is 1. The Kier molecular flexibility index (Phi) is 2.44. The third kappa shape index (κ3) is 1.70. The number of hydrogen-bond donors (Lipinski definition) is 1. The van der Waals surface area contributed by atoms with Crippen molar-refractivity contribution in [3.63, 3.8) is 0 Å². The van der Waals surface area contributed by atoms with E-state index in [9.17, 15) is 8.78 Å². The monoisotopic (exact) mass is 246 g/mol. The topological polar surface area (TPSA) is 29.3 Å². The molecule has 0 aromatic heterocycles. The van der Waals surface area contributed by atoms with Crippen LogP contribution in [0.25, 0.3) is 0 Å². The van der Waals surface area contributed by atoms with Crippen molar-refractivity contribution in [1.29, 1.82) is 0 Å². The largest absolute Gasteiger partial charge is 0.397 e. The van der Waals surface area contributed by atoms with Crippen molar-refractivity contribution in [2.75, 3.05) is 17.2 Å². The van der Waals surface area contributed by atoms with E-state index in [1.165, 1.54) is 24.3 Å². The number of benzene rings is 2. The molecule has 4 heteroatoms. The van der Waals surface area contributed by atoms with E-state index in [4.69, 9.17) is 5.73 Å². The molecule has 0 saturated heterocycles. The van der Waals surface area contributed by atoms with E-state index < -0.39 is 0 Å². The molecule has 1 aliphatic rings. The van der Waals surface area contributed by atoms with E-state index in [-0.39, 0.29) is 11.6 Å². The fraction of sp³-hybridized carbons (Fsp3) is 0.143. The Labute approximate surface area is 104 Å². The number of halogens is 2. The SMILES string of the molecule is Nc1cc(F)ccc1N1CCc2ccc(F)cc21. The minimum absolute atomic E-state index is 0.277. The number of nitrogens with two attached hydrogens (primary N) is 1. The molecule has 2 N–H and O–H groups in total. The summed E-state index contributed by atoms with van der Waals surface area (Å²) in [6.07, 6.45) is 0.840. The molecular formula is C14H12F2N2. The average molecular weight is 246 g/mol. The fourth-order valence-corrected chi connectivity index (χ4v) is 2.37. The smallest absolute Gasteiger partial charge is 0.125 e. The Bertz CT molecular complexity index is 611. The molecule has 1 heterocycles. The second-order valence-corrected chi connectivity index (χ2v) is 4.38. The van der Waals surface area contributed by atoms with Crippen LogP contribution in [0.2, 0.25) is 0 Å². The van der Waals surface area contributed by atoms with Crippen LogP contribution in [0.4, 0.5) is 25.8 Å². The molecule has 0 amide bonds. The number of hydrogen-bond acceptors (Lipinski definition) is 2. The second-order valence-electron chi connectivity index (χ2n) is 4.38. The predicted octanol–water partition coefficient (Wildman–Crippen LogP) is 3.24. The van der Waals surface area contributed by atoms with Gasteiger partial charge in [-0.15, -0.1) is 0 Å². The van der Waals surface area contributed by atoms with Gasteiger partial charge in [0.25, 0.3) is 0 Å². The van der Waals surface area contributed by atoms with E-state index in [0.29, 0.717) is 5.69 Å². The van der Waals surface area contributed by atoms with Gasteiger partial charge in [0.1, 0.15) is 11.6 Å². The first-order valence-corrected chi connectivity index (χ1v) is 5.76. The zero-order valence-electron chi connectivity index (χ0n) is 9.66. The van der Waals surface area contributed by atoms with Crippen LogP contribution in [0.3, 0.4) is 0 Å². The summed E-state index contributed by atoms with van der Waals surface area (Å²) >= 11 is 0. The molecule has 0 atom stereocenters. The highest BCUT2D eigenvalue weighted by Gasteiger charge is 2.22. The van der Waals surface area contributed by atoms with E-state index in [1.54, 1.807) is 12.1 Å². The number of nitrogens with zero attached hydrogens (tertiary/aromatic N) is 1. The standard InChI is InChI=1S/C14H12F2N2/c15-10-3-4-13(12(17)7-10)18-6-5-9-1-2-11(16)8-14(9)18/h1-4,7-8H,5-6,17H2. The van der Waals surface area contributed by atoms with Crippen LogP contribution in [-0.2, 0) is 6.42 Å². The van der Waals surface area contributed by atoms with Crippen molar-refractivity contribution in [1.82, 2.24) is 0 Å². The van der Waals surface area contributed by atoms with Gasteiger partial charge in [0, 0.05) is 12.2 Å². The second kappa shape index (κ2) is 3.98. The van der Waals surface area contributed by atoms with Gasteiger partial charge < -0.3 is 10.6 Å². The van der Waals surface area contributed by atoms with E-state index in [1.807, 2.05) is 4.90 Å². The summed E-state index contributed by atoms with van der Waals surface area (Å²) in [4.78, 5) is 1.92. The first-order valence-electron chi connectivity index (χ1n) is 5.76. The normalized spacial score (nSPS) is 13.8. The molecule has 1 aliphatic heterocycles. The maximum atomic E-state index is 13.3. The van der Waals surface area contributed by atoms with Crippen molar-refractivity contribution in [2.45, 2.75) is 6.42 Å². The van der Waals surface area contributed by atoms with E-state index in [0.717, 1.165) is 29.9 Å². The van der Waals surface area contributed by atoms with Gasteiger partial charge in [0.05, 0.1) is 11.4 Å². The van der Waals surface area contributed by atoms with Gasteiger partial charge in [-0.3, -0.25) is 0 Å². The molecule has 0 bridgehead atoms. The molecule has 0 fully saturated rings. The summed E-state index contributed by atoms with van der Waals surface area (Å²) in [6, 6.07) is 9.01. The first kappa shape index (κ1) is 11.0. The molecule has 18 heavy (non-hydrogen) atoms. The summed E-state index contributed by atoms with van der Waals surface area (Å²) in [5.41, 5.74) is 8.81. The Morgan fingerprint density at radius 1 is 0.944 bits per heavy atom. The van der Waals surface area contributed by atoms with Crippen molar-refractivity contribution >= 4 is 17.1 Å². The van der Waals surface area contributed by atoms with Crippen molar-refractivity contribution < 1.29 is 8.78 Å². The van der Waals surface area contributed by atoms with Gasteiger partial charge in [-0.05, 0) is 42.3 Å². The quantitative estimate of drug-likeness (QED) is 0.783. The van der Waals surface area contributed by atoms with Crippen LogP contribution in [0.1, 0.15) is 5.56 Å². The summed E-state index contributed by atoms with van der Waals surface area (Å²) in [5.74, 6) is -0.642. The Morgan fingerprint density at radius 2 is 1.67 bits per heavy atom. The van der Waals surface area contributed by atoms with E-state index in [2.05, 4.69) is 0 Å². The van der Waals surface area contributed by atoms with Crippen LogP contribution in [0.15, 0.2) is 36.4 Å². The highest BCUT2D eigenvalue weighted by Crippen LogP contribution is 2.37. The minimum Gasteiger partial charge on any atom is -0.397 e. The highest BCUT2D eigenvalue weighted by atomic mass is 19.1. The molecule has 2 aromatic carbocycles. The lowest BCUT2D eigenvalue weighted by Crippen LogP contribution is -2.15. The molecule has 0 radical (unpaired) electrons. The highest BCUT2D eigenvalue weighted by molar-refractivity contribution is 5.78. The molecule has 0 spiro atoms. The van der Waals surface area contributed by atoms with Crippen molar-refractivity contribution in [2.24, 2.45) is 0 Å². The summed E-state index contributed by atoms with van der Waals surface area (Å²) in [6.45, 7) is 0.731. The van der Waals surface area contributed by atoms with Gasteiger partial charge in [-0.2, -0.15) is 0 Å². The third-order valence-corrected chi connectivity index (χ3v) is 3.22. The predicted molar refractivity (Wildman–Crippen MR) is 67.9 cm³/mol. The lowest BCUT2D eigenvalue weighted by Gasteiger charge is -2.21. The van der Waals surface area contributed by atoms with Crippen LogP contribution < -0.4 is 10.6 Å². The third-order valence-electron chi connectivity index (χ3n) is 3.22. The molecule has 0 aliphatic carbocycles. The summed E-state index contributed by atoms with van der Waals surface area (Å²) in [7, 11) is 0. The minimum atomic E-state index is -0.366. The van der Waals surface area contributed by atoms with Crippen LogP contribution in [-0.4, -0.2) is 6.54 Å². The molecule has 0 saturated carbocycles. The first-order chi connectivity index (χ1) is 8.65. The number of fused-ring (bicyclic) bond motifs is 1. The molecule has 92 valence electrons. The van der Waals surface area contributed by atoms with Crippen LogP contribution in [0.5, 0.6) is 0 Å². The van der Waals surface area contributed by atoms with Crippen molar-refractivity contribution in [3.05, 3.63) is 53.6 Å². The zero-order valence-corrected chi connectivity index (χ0v) is 9.66. The molecule has 2 nitrogen and oxygen atoms in total. The lowest BCUT2D eigenvalue weighted by molar-refractivity contribution is 0.627. The lowest BCUT2D eigenvalue weighted by atomic mass is 10.1. The van der Waals surface area contributed by atoms with Crippen LogP contribution >= 0.6 is 0 Å². The fourth-order valence-electron chi connectivity index (χ4n) is 2.37. The van der Waals surface area contributed by atoms with Crippen molar-refractivity contribution in [3.8, 4) is 0 Å². The number of nitrogen functional groups attached to an aromatic ring is 1. The Hall–Kier alpha value is -2.10. The number of anilines is 3. The van der Waals surface area contributed by atoms with Gasteiger partial charge in [-0.25, -0.2) is 8.78 Å². The molecule has 2 aromatic rings. The average Bonchev–Trinajstić information content (AvgIpc) is 2.72. The van der Waals surface area contributed by atoms with E-state index >= 15 is 0 Å². The van der Waals surface area contributed by atoms with Gasteiger partial charge in [0.15, 0.2) is 0 Å². The molecule has 0 unspecified atom stereocenters. The Morgan fingerprint density at radius 3 is 2.44 bits per heavy atom. The Balaban J connectivity index is 2.08. The molecule has 3 rings (SSSR count). The van der Waals surface area contributed by atoms with Crippen LogP contribution in [0, 0.1) is 11.6 Å². The van der Waals surface area contributed by atoms with Gasteiger partial charge >= 0.3 is 0 Å². The maximum absolute atomic E-state index is 13.3. The van der Waals surface area contributed by atoms with Gasteiger partial charge in [-0.1, -0.05) is 6.07 Å². The maximum Gasteiger partial charge on any atom is 0.125 e.